The Bertz CT molecular complexity index is 416. The van der Waals surface area contributed by atoms with Gasteiger partial charge in [-0.1, -0.05) is 24.8 Å². The number of hydrogen-bond donors (Lipinski definition) is 0. The van der Waals surface area contributed by atoms with Crippen molar-refractivity contribution in [3.63, 3.8) is 0 Å². The van der Waals surface area contributed by atoms with Gasteiger partial charge in [-0.05, 0) is 23.8 Å². The number of allylic oxidation sites excluding steroid dienone is 1. The number of ketones is 1. The van der Waals surface area contributed by atoms with Crippen LogP contribution in [0.5, 0.6) is 5.75 Å². The van der Waals surface area contributed by atoms with E-state index in [1.165, 1.54) is 0 Å². The molecule has 1 aliphatic carbocycles. The zero-order valence-corrected chi connectivity index (χ0v) is 7.69. The van der Waals surface area contributed by atoms with Gasteiger partial charge in [-0.15, -0.1) is 0 Å². The molecule has 1 aromatic rings. The van der Waals surface area contributed by atoms with E-state index in [1.54, 1.807) is 18.2 Å². The fourth-order valence-corrected chi connectivity index (χ4v) is 1.39. The molecule has 14 heavy (non-hydrogen) atoms. The van der Waals surface area contributed by atoms with Gasteiger partial charge in [-0.2, -0.15) is 0 Å². The van der Waals surface area contributed by atoms with E-state index in [4.69, 9.17) is 4.74 Å². The minimum atomic E-state index is 0.0454. The summed E-state index contributed by atoms with van der Waals surface area (Å²) in [6, 6.07) is 5.50. The summed E-state index contributed by atoms with van der Waals surface area (Å²) in [5, 5.41) is 0. The van der Waals surface area contributed by atoms with Crippen molar-refractivity contribution in [2.24, 2.45) is 0 Å². The molecule has 0 amide bonds. The minimum Gasteiger partial charge on any atom is -0.490 e. The first-order valence-corrected chi connectivity index (χ1v) is 4.41. The van der Waals surface area contributed by atoms with Crippen LogP contribution in [-0.2, 0) is 0 Å². The molecule has 70 valence electrons. The predicted molar refractivity (Wildman–Crippen MR) is 55.5 cm³/mol. The third-order valence-corrected chi connectivity index (χ3v) is 2.07. The smallest absolute Gasteiger partial charge is 0.186 e. The first-order valence-electron chi connectivity index (χ1n) is 4.41. The van der Waals surface area contributed by atoms with Crippen molar-refractivity contribution in [2.75, 3.05) is 6.61 Å². The molecule has 2 nitrogen and oxygen atoms in total. The molecule has 0 radical (unpaired) electrons. The van der Waals surface area contributed by atoms with Gasteiger partial charge in [-0.25, -0.2) is 0 Å². The lowest BCUT2D eigenvalue weighted by Crippen LogP contribution is -1.96. The Morgan fingerprint density at radius 2 is 2.21 bits per heavy atom. The monoisotopic (exact) mass is 186 g/mol. The van der Waals surface area contributed by atoms with Crippen LogP contribution in [0.4, 0.5) is 0 Å². The highest BCUT2D eigenvalue weighted by Crippen LogP contribution is 2.24. The number of carbonyl (C=O) groups excluding carboxylic acids is 1. The molecule has 0 atom stereocenters. The van der Waals surface area contributed by atoms with Crippen LogP contribution in [0.1, 0.15) is 15.9 Å². The first kappa shape index (κ1) is 8.75. The second-order valence-corrected chi connectivity index (χ2v) is 3.05. The van der Waals surface area contributed by atoms with E-state index in [2.05, 4.69) is 6.58 Å². The second-order valence-electron chi connectivity index (χ2n) is 3.05. The summed E-state index contributed by atoms with van der Waals surface area (Å²) < 4.78 is 5.33. The second kappa shape index (κ2) is 3.50. The van der Waals surface area contributed by atoms with Crippen LogP contribution >= 0.6 is 0 Å². The number of rotatable bonds is 3. The van der Waals surface area contributed by atoms with Crippen molar-refractivity contribution in [3.8, 4) is 5.75 Å². The van der Waals surface area contributed by atoms with Gasteiger partial charge in [0, 0.05) is 5.56 Å². The Balaban J connectivity index is 2.28. The van der Waals surface area contributed by atoms with E-state index < -0.39 is 0 Å². The largest absolute Gasteiger partial charge is 0.490 e. The van der Waals surface area contributed by atoms with E-state index in [0.29, 0.717) is 17.9 Å². The van der Waals surface area contributed by atoms with Crippen LogP contribution in [0, 0.1) is 0 Å². The summed E-state index contributed by atoms with van der Waals surface area (Å²) in [6.07, 6.45) is 5.06. The van der Waals surface area contributed by atoms with E-state index >= 15 is 0 Å². The van der Waals surface area contributed by atoms with Crippen LogP contribution in [0.25, 0.3) is 6.08 Å². The van der Waals surface area contributed by atoms with Crippen LogP contribution in [-0.4, -0.2) is 12.4 Å². The average Bonchev–Trinajstić information content (AvgIpc) is 2.57. The fraction of sp³-hybridized carbons (Fsp3) is 0.0833. The number of carbonyl (C=O) groups is 1. The Hall–Kier alpha value is -1.83. The summed E-state index contributed by atoms with van der Waals surface area (Å²) in [4.78, 5) is 11.3. The molecular weight excluding hydrogens is 176 g/mol. The molecule has 0 fully saturated rings. The molecule has 0 aliphatic heterocycles. The van der Waals surface area contributed by atoms with Gasteiger partial charge in [-0.3, -0.25) is 4.79 Å². The highest BCUT2D eigenvalue weighted by Gasteiger charge is 2.13. The van der Waals surface area contributed by atoms with Crippen LogP contribution in [0.15, 0.2) is 36.9 Å². The summed E-state index contributed by atoms with van der Waals surface area (Å²) >= 11 is 0. The fourth-order valence-electron chi connectivity index (χ4n) is 1.39. The molecule has 0 aromatic heterocycles. The zero-order chi connectivity index (χ0) is 9.97. The molecule has 0 saturated carbocycles. The Morgan fingerprint density at radius 1 is 1.36 bits per heavy atom. The van der Waals surface area contributed by atoms with Gasteiger partial charge in [0.25, 0.3) is 0 Å². The number of hydrogen-bond acceptors (Lipinski definition) is 2. The summed E-state index contributed by atoms with van der Waals surface area (Å²) in [5.74, 6) is 0.754. The maximum atomic E-state index is 11.3. The van der Waals surface area contributed by atoms with E-state index in [1.807, 2.05) is 18.2 Å². The highest BCUT2D eigenvalue weighted by molar-refractivity contribution is 6.13. The van der Waals surface area contributed by atoms with Crippen LogP contribution in [0.2, 0.25) is 0 Å². The van der Waals surface area contributed by atoms with Gasteiger partial charge < -0.3 is 4.74 Å². The average molecular weight is 186 g/mol. The lowest BCUT2D eigenvalue weighted by atomic mass is 10.1. The quantitative estimate of drug-likeness (QED) is 0.678. The van der Waals surface area contributed by atoms with Crippen molar-refractivity contribution in [1.82, 2.24) is 0 Å². The maximum Gasteiger partial charge on any atom is 0.186 e. The predicted octanol–water partition coefficient (Wildman–Crippen LogP) is 2.46. The molecule has 0 unspecified atom stereocenters. The molecular formula is C12H10O2. The first-order chi connectivity index (χ1) is 6.81. The molecule has 0 N–H and O–H groups in total. The van der Waals surface area contributed by atoms with E-state index in [9.17, 15) is 4.79 Å². The van der Waals surface area contributed by atoms with Crippen molar-refractivity contribution >= 4 is 11.9 Å². The highest BCUT2D eigenvalue weighted by atomic mass is 16.5. The summed E-state index contributed by atoms with van der Waals surface area (Å²) in [5.41, 5.74) is 1.67. The third-order valence-electron chi connectivity index (χ3n) is 2.07. The SMILES string of the molecule is C=CCOc1ccc2c(c1)C(=O)C=C2. The summed E-state index contributed by atoms with van der Waals surface area (Å²) in [7, 11) is 0. The summed E-state index contributed by atoms with van der Waals surface area (Å²) in [6.45, 7) is 4.02. The van der Waals surface area contributed by atoms with E-state index in [0.717, 1.165) is 5.56 Å². The topological polar surface area (TPSA) is 26.3 Å². The zero-order valence-electron chi connectivity index (χ0n) is 7.69. The minimum absolute atomic E-state index is 0.0454. The van der Waals surface area contributed by atoms with Crippen LogP contribution < -0.4 is 4.74 Å². The molecule has 0 bridgehead atoms. The van der Waals surface area contributed by atoms with Gasteiger partial charge in [0.2, 0.25) is 0 Å². The van der Waals surface area contributed by atoms with Crippen molar-refractivity contribution < 1.29 is 9.53 Å². The van der Waals surface area contributed by atoms with Crippen LogP contribution in [0.3, 0.4) is 0 Å². The molecule has 0 heterocycles. The molecule has 1 aliphatic rings. The van der Waals surface area contributed by atoms with Crippen molar-refractivity contribution in [3.05, 3.63) is 48.1 Å². The van der Waals surface area contributed by atoms with Crippen molar-refractivity contribution in [2.45, 2.75) is 0 Å². The van der Waals surface area contributed by atoms with Gasteiger partial charge >= 0.3 is 0 Å². The third kappa shape index (κ3) is 1.46. The number of fused-ring (bicyclic) bond motifs is 1. The maximum absolute atomic E-state index is 11.3. The standard InChI is InChI=1S/C12H10O2/c1-2-7-14-10-5-3-9-4-6-12(13)11(9)8-10/h2-6,8H,1,7H2. The number of benzene rings is 1. The molecule has 0 spiro atoms. The van der Waals surface area contributed by atoms with Gasteiger partial charge in [0.05, 0.1) is 0 Å². The Morgan fingerprint density at radius 3 is 3.00 bits per heavy atom. The lowest BCUT2D eigenvalue weighted by Gasteiger charge is -2.04. The number of ether oxygens (including phenoxy) is 1. The van der Waals surface area contributed by atoms with Gasteiger partial charge in [0.15, 0.2) is 5.78 Å². The molecule has 2 heteroatoms. The van der Waals surface area contributed by atoms with E-state index in [-0.39, 0.29) is 5.78 Å². The molecule has 2 rings (SSSR count). The Kier molecular flexibility index (Phi) is 2.19. The molecule has 1 aromatic carbocycles. The Labute approximate surface area is 82.5 Å². The lowest BCUT2D eigenvalue weighted by molar-refractivity contribution is 0.104. The van der Waals surface area contributed by atoms with Crippen molar-refractivity contribution in [1.29, 1.82) is 0 Å². The van der Waals surface area contributed by atoms with Gasteiger partial charge in [0.1, 0.15) is 12.4 Å². The molecule has 0 saturated heterocycles. The normalized spacial score (nSPS) is 12.7.